The average molecular weight is 480 g/mol. The first-order valence-corrected chi connectivity index (χ1v) is 11.5. The molecule has 2 aliphatic rings. The fourth-order valence-electron chi connectivity index (χ4n) is 4.29. The Morgan fingerprint density at radius 2 is 1.94 bits per heavy atom. The minimum Gasteiger partial charge on any atom is -0.493 e. The van der Waals surface area contributed by atoms with Crippen molar-refractivity contribution >= 4 is 17.7 Å². The van der Waals surface area contributed by atoms with E-state index >= 15 is 0 Å². The highest BCUT2D eigenvalue weighted by molar-refractivity contribution is 5.99. The molecular weight excluding hydrogens is 446 g/mol. The van der Waals surface area contributed by atoms with Crippen molar-refractivity contribution in [2.24, 2.45) is 5.92 Å². The Morgan fingerprint density at radius 3 is 2.65 bits per heavy atom. The van der Waals surface area contributed by atoms with E-state index in [0.29, 0.717) is 6.42 Å². The Labute approximate surface area is 199 Å². The van der Waals surface area contributed by atoms with Gasteiger partial charge < -0.3 is 28.4 Å². The van der Waals surface area contributed by atoms with E-state index in [0.717, 1.165) is 19.3 Å². The van der Waals surface area contributed by atoms with Crippen molar-refractivity contribution in [2.45, 2.75) is 83.9 Å². The summed E-state index contributed by atoms with van der Waals surface area (Å²) < 4.78 is 33.2. The molecule has 4 atom stereocenters. The van der Waals surface area contributed by atoms with Gasteiger partial charge in [-0.1, -0.05) is 12.8 Å². The summed E-state index contributed by atoms with van der Waals surface area (Å²) in [5, 5.41) is 0. The van der Waals surface area contributed by atoms with Gasteiger partial charge in [-0.05, 0) is 33.6 Å². The lowest BCUT2D eigenvalue weighted by atomic mass is 9.92. The summed E-state index contributed by atoms with van der Waals surface area (Å²) in [5.74, 6) is -2.45. The van der Waals surface area contributed by atoms with Crippen LogP contribution in [0.3, 0.4) is 0 Å². The number of aromatic nitrogens is 1. The molecule has 1 aromatic rings. The second kappa shape index (κ2) is 11.1. The van der Waals surface area contributed by atoms with Gasteiger partial charge in [0.1, 0.15) is 12.2 Å². The van der Waals surface area contributed by atoms with Gasteiger partial charge in [-0.3, -0.25) is 14.4 Å². The number of carbonyl (C=O) groups excluding carboxylic acids is 3. The molecule has 0 radical (unpaired) electrons. The van der Waals surface area contributed by atoms with Crippen molar-refractivity contribution < 1.29 is 42.8 Å². The number of pyridine rings is 1. The lowest BCUT2D eigenvalue weighted by molar-refractivity contribution is -0.172. The number of rotatable bonds is 7. The molecular formula is C24H33NO9. The predicted octanol–water partition coefficient (Wildman–Crippen LogP) is 3.20. The summed E-state index contributed by atoms with van der Waals surface area (Å²) in [4.78, 5) is 41.4. The molecule has 0 N–H and O–H groups in total. The molecule has 10 nitrogen and oxygen atoms in total. The van der Waals surface area contributed by atoms with E-state index in [1.807, 2.05) is 13.8 Å². The van der Waals surface area contributed by atoms with Crippen LogP contribution < -0.4 is 9.47 Å². The number of ether oxygens (including phenoxy) is 6. The Balaban J connectivity index is 1.74. The van der Waals surface area contributed by atoms with E-state index in [4.69, 9.17) is 28.4 Å². The van der Waals surface area contributed by atoms with Gasteiger partial charge in [0.2, 0.25) is 6.79 Å². The number of nitrogens with zero attached hydrogens (tertiary/aromatic N) is 1. The molecule has 3 rings (SSSR count). The van der Waals surface area contributed by atoms with Crippen LogP contribution in [-0.4, -0.2) is 60.7 Å². The first-order valence-electron chi connectivity index (χ1n) is 11.5. The number of esters is 2. The number of fused-ring (bicyclic) bond motifs is 1. The smallest absolute Gasteiger partial charge is 0.309 e. The summed E-state index contributed by atoms with van der Waals surface area (Å²) in [5.41, 5.74) is -0.00113. The Kier molecular flexibility index (Phi) is 8.48. The van der Waals surface area contributed by atoms with Crippen LogP contribution in [0.2, 0.25) is 0 Å². The van der Waals surface area contributed by atoms with Gasteiger partial charge in [0.05, 0.1) is 19.1 Å². The highest BCUT2D eigenvalue weighted by Gasteiger charge is 2.45. The molecule has 0 aromatic carbocycles. The van der Waals surface area contributed by atoms with Crippen LogP contribution in [0.4, 0.5) is 0 Å². The van der Waals surface area contributed by atoms with Gasteiger partial charge in [0, 0.05) is 25.6 Å². The van der Waals surface area contributed by atoms with Gasteiger partial charge in [-0.15, -0.1) is 0 Å². The summed E-state index contributed by atoms with van der Waals surface area (Å²) in [6.07, 6.45) is 3.12. The number of methoxy groups -OCH3 is 1. The minimum absolute atomic E-state index is 0.00113. The standard InChI is InChI=1S/C24H33NO9/c1-14-21-19(33-24(3,4)34-21)9-7-6-8-16(23(28)32-14)12-17(27)20-22(31-13-30-15(2)26)18(29-5)10-11-25-20/h10-11,14,16,19,21H,6-9,12-13H2,1-5H3/t14-,16+,19-,21-/m0/s1. The van der Waals surface area contributed by atoms with E-state index in [-0.39, 0.29) is 35.8 Å². The monoisotopic (exact) mass is 479 g/mol. The van der Waals surface area contributed by atoms with Crippen LogP contribution in [-0.2, 0) is 28.5 Å². The van der Waals surface area contributed by atoms with E-state index in [1.165, 1.54) is 26.3 Å². The van der Waals surface area contributed by atoms with Crippen molar-refractivity contribution in [3.63, 3.8) is 0 Å². The number of hydrogen-bond acceptors (Lipinski definition) is 10. The molecule has 0 amide bonds. The molecule has 188 valence electrons. The van der Waals surface area contributed by atoms with E-state index in [2.05, 4.69) is 4.98 Å². The molecule has 2 fully saturated rings. The van der Waals surface area contributed by atoms with Gasteiger partial charge in [-0.2, -0.15) is 0 Å². The fourth-order valence-corrected chi connectivity index (χ4v) is 4.29. The molecule has 0 saturated carbocycles. The normalized spacial score (nSPS) is 26.7. The van der Waals surface area contributed by atoms with Crippen molar-refractivity contribution in [1.29, 1.82) is 0 Å². The van der Waals surface area contributed by atoms with Gasteiger partial charge in [-0.25, -0.2) is 4.98 Å². The molecule has 0 aliphatic carbocycles. The molecule has 0 spiro atoms. The van der Waals surface area contributed by atoms with Crippen LogP contribution in [0.25, 0.3) is 0 Å². The molecule has 0 unspecified atom stereocenters. The predicted molar refractivity (Wildman–Crippen MR) is 118 cm³/mol. The zero-order valence-electron chi connectivity index (χ0n) is 20.3. The van der Waals surface area contributed by atoms with Crippen molar-refractivity contribution in [2.75, 3.05) is 13.9 Å². The van der Waals surface area contributed by atoms with Gasteiger partial charge in [0.25, 0.3) is 0 Å². The molecule has 34 heavy (non-hydrogen) atoms. The molecule has 2 saturated heterocycles. The zero-order valence-corrected chi connectivity index (χ0v) is 20.3. The maximum atomic E-state index is 13.2. The summed E-state index contributed by atoms with van der Waals surface area (Å²) in [6.45, 7) is 6.32. The number of carbonyl (C=O) groups is 3. The third kappa shape index (κ3) is 6.44. The quantitative estimate of drug-likeness (QED) is 0.327. The Morgan fingerprint density at radius 1 is 1.21 bits per heavy atom. The van der Waals surface area contributed by atoms with Crippen molar-refractivity contribution in [3.05, 3.63) is 18.0 Å². The fraction of sp³-hybridized carbons (Fsp3) is 0.667. The summed E-state index contributed by atoms with van der Waals surface area (Å²) >= 11 is 0. The van der Waals surface area contributed by atoms with E-state index in [9.17, 15) is 14.4 Å². The highest BCUT2D eigenvalue weighted by atomic mass is 16.8. The van der Waals surface area contributed by atoms with Crippen LogP contribution in [0, 0.1) is 5.92 Å². The maximum absolute atomic E-state index is 13.2. The molecule has 1 aromatic heterocycles. The maximum Gasteiger partial charge on any atom is 0.309 e. The lowest BCUT2D eigenvalue weighted by Crippen LogP contribution is -2.39. The van der Waals surface area contributed by atoms with E-state index in [1.54, 1.807) is 6.92 Å². The third-order valence-electron chi connectivity index (χ3n) is 5.86. The average Bonchev–Trinajstić information content (AvgIpc) is 3.09. The van der Waals surface area contributed by atoms with Crippen LogP contribution >= 0.6 is 0 Å². The van der Waals surface area contributed by atoms with Crippen LogP contribution in [0.15, 0.2) is 12.3 Å². The first-order chi connectivity index (χ1) is 16.1. The van der Waals surface area contributed by atoms with Gasteiger partial charge >= 0.3 is 11.9 Å². The SMILES string of the molecule is COc1ccnc(C(=O)C[C@H]2CCCC[C@@H]3OC(C)(C)O[C@H]3[C@H](C)OC2=O)c1OCOC(C)=O. The summed E-state index contributed by atoms with van der Waals surface area (Å²) in [6, 6.07) is 1.53. The highest BCUT2D eigenvalue weighted by Crippen LogP contribution is 2.36. The largest absolute Gasteiger partial charge is 0.493 e. The number of cyclic esters (lactones) is 1. The minimum atomic E-state index is -0.736. The molecule has 10 heteroatoms. The second-order valence-electron chi connectivity index (χ2n) is 8.98. The van der Waals surface area contributed by atoms with E-state index < -0.39 is 42.3 Å². The zero-order chi connectivity index (χ0) is 24.9. The van der Waals surface area contributed by atoms with Crippen molar-refractivity contribution in [3.8, 4) is 11.5 Å². The molecule has 3 heterocycles. The van der Waals surface area contributed by atoms with Crippen LogP contribution in [0.1, 0.15) is 70.3 Å². The van der Waals surface area contributed by atoms with Crippen LogP contribution in [0.5, 0.6) is 11.5 Å². The number of hydrogen-bond donors (Lipinski definition) is 0. The molecule has 2 aliphatic heterocycles. The Hall–Kier alpha value is -2.72. The summed E-state index contributed by atoms with van der Waals surface area (Å²) in [7, 11) is 1.42. The van der Waals surface area contributed by atoms with Gasteiger partial charge in [0.15, 0.2) is 28.8 Å². The first kappa shape index (κ1) is 25.9. The Bertz CT molecular complexity index is 900. The number of ketones is 1. The topological polar surface area (TPSA) is 119 Å². The molecule has 0 bridgehead atoms. The third-order valence-corrected chi connectivity index (χ3v) is 5.86. The second-order valence-corrected chi connectivity index (χ2v) is 8.98. The van der Waals surface area contributed by atoms with Crippen molar-refractivity contribution in [1.82, 2.24) is 4.98 Å². The lowest BCUT2D eigenvalue weighted by Gasteiger charge is -2.27. The number of Topliss-reactive ketones (excluding diaryl/α,β-unsaturated/α-hetero) is 1.